The maximum absolute atomic E-state index is 11.8. The highest BCUT2D eigenvalue weighted by Crippen LogP contribution is 2.20. The number of carbonyl (C=O) groups is 1. The van der Waals surface area contributed by atoms with Gasteiger partial charge in [0.1, 0.15) is 16.4 Å². The quantitative estimate of drug-likeness (QED) is 0.626. The second kappa shape index (κ2) is 4.00. The number of halogens is 1. The van der Waals surface area contributed by atoms with Crippen LogP contribution in [0.5, 0.6) is 0 Å². The molecule has 0 bridgehead atoms. The van der Waals surface area contributed by atoms with Crippen molar-refractivity contribution in [3.63, 3.8) is 0 Å². The molecule has 0 aliphatic rings. The Labute approximate surface area is 103 Å². The van der Waals surface area contributed by atoms with E-state index in [0.29, 0.717) is 11.0 Å². The number of hydrogen-bond acceptors (Lipinski definition) is 4. The van der Waals surface area contributed by atoms with Crippen LogP contribution in [0, 0.1) is 0 Å². The van der Waals surface area contributed by atoms with Crippen LogP contribution >= 0.6 is 11.6 Å². The molecule has 0 saturated heterocycles. The van der Waals surface area contributed by atoms with Gasteiger partial charge < -0.3 is 9.72 Å². The van der Waals surface area contributed by atoms with Crippen LogP contribution in [-0.2, 0) is 4.74 Å². The average molecular weight is 254 g/mol. The van der Waals surface area contributed by atoms with Crippen molar-refractivity contribution in [3.8, 4) is 0 Å². The van der Waals surface area contributed by atoms with Crippen LogP contribution in [0.1, 0.15) is 31.4 Å². The molecule has 0 saturated carbocycles. The molecule has 5 nitrogen and oxygen atoms in total. The third-order valence-electron chi connectivity index (χ3n) is 1.95. The maximum Gasteiger partial charge on any atom is 0.377 e. The summed E-state index contributed by atoms with van der Waals surface area (Å²) in [6.07, 6.45) is 1.68. The minimum absolute atomic E-state index is 0.0418. The molecule has 0 aliphatic carbocycles. The number of nitrogens with zero attached hydrogens (tertiary/aromatic N) is 2. The Morgan fingerprint density at radius 2 is 2.12 bits per heavy atom. The van der Waals surface area contributed by atoms with Gasteiger partial charge in [0.25, 0.3) is 0 Å². The maximum atomic E-state index is 11.8. The second-order valence-electron chi connectivity index (χ2n) is 4.58. The molecule has 0 amide bonds. The number of fused-ring (bicyclic) bond motifs is 1. The van der Waals surface area contributed by atoms with Gasteiger partial charge in [0.2, 0.25) is 5.82 Å². The summed E-state index contributed by atoms with van der Waals surface area (Å²) < 4.78 is 5.17. The Hall–Kier alpha value is -1.62. The molecule has 2 rings (SSSR count). The highest BCUT2D eigenvalue weighted by Gasteiger charge is 2.21. The number of esters is 1. The molecule has 0 unspecified atom stereocenters. The van der Waals surface area contributed by atoms with E-state index in [1.54, 1.807) is 33.0 Å². The van der Waals surface area contributed by atoms with E-state index < -0.39 is 11.6 Å². The zero-order valence-corrected chi connectivity index (χ0v) is 10.5. The number of ether oxygens (including phenoxy) is 1. The number of rotatable bonds is 1. The Morgan fingerprint density at radius 3 is 2.76 bits per heavy atom. The van der Waals surface area contributed by atoms with Crippen molar-refractivity contribution < 1.29 is 9.53 Å². The number of aromatic nitrogens is 3. The first-order chi connectivity index (χ1) is 7.87. The van der Waals surface area contributed by atoms with Gasteiger partial charge in [-0.15, -0.1) is 0 Å². The van der Waals surface area contributed by atoms with Gasteiger partial charge in [0.15, 0.2) is 0 Å². The molecule has 2 heterocycles. The fraction of sp³-hybridized carbons (Fsp3) is 0.364. The minimum atomic E-state index is -0.587. The van der Waals surface area contributed by atoms with Gasteiger partial charge in [-0.1, -0.05) is 11.6 Å². The smallest absolute Gasteiger partial charge is 0.377 e. The van der Waals surface area contributed by atoms with Crippen LogP contribution in [0.4, 0.5) is 0 Å². The van der Waals surface area contributed by atoms with Crippen molar-refractivity contribution in [2.75, 3.05) is 0 Å². The highest BCUT2D eigenvalue weighted by atomic mass is 35.5. The molecular weight excluding hydrogens is 242 g/mol. The Balaban J connectivity index is 2.39. The number of nitrogens with one attached hydrogen (secondary N) is 1. The molecule has 6 heteroatoms. The van der Waals surface area contributed by atoms with E-state index >= 15 is 0 Å². The lowest BCUT2D eigenvalue weighted by molar-refractivity contribution is 0.00560. The van der Waals surface area contributed by atoms with Crippen LogP contribution in [0.2, 0.25) is 5.15 Å². The van der Waals surface area contributed by atoms with Gasteiger partial charge in [0.05, 0.1) is 5.39 Å². The van der Waals surface area contributed by atoms with Gasteiger partial charge in [-0.25, -0.2) is 14.8 Å². The predicted octanol–water partition coefficient (Wildman–Crippen LogP) is 2.57. The van der Waals surface area contributed by atoms with E-state index in [1.807, 2.05) is 0 Å². The second-order valence-corrected chi connectivity index (χ2v) is 4.94. The lowest BCUT2D eigenvalue weighted by atomic mass is 10.2. The minimum Gasteiger partial charge on any atom is -0.454 e. The van der Waals surface area contributed by atoms with Crippen LogP contribution in [0.15, 0.2) is 12.3 Å². The van der Waals surface area contributed by atoms with Crippen LogP contribution in [0.3, 0.4) is 0 Å². The summed E-state index contributed by atoms with van der Waals surface area (Å²) in [6.45, 7) is 5.33. The van der Waals surface area contributed by atoms with Crippen molar-refractivity contribution in [2.24, 2.45) is 0 Å². The molecule has 2 aromatic rings. The molecule has 0 atom stereocenters. The molecule has 17 heavy (non-hydrogen) atoms. The molecular formula is C11H12ClN3O2. The normalized spacial score (nSPS) is 11.8. The summed E-state index contributed by atoms with van der Waals surface area (Å²) in [5, 5.41) is 0.913. The van der Waals surface area contributed by atoms with Crippen molar-refractivity contribution in [2.45, 2.75) is 26.4 Å². The lowest BCUT2D eigenvalue weighted by Gasteiger charge is -2.18. The summed E-state index contributed by atoms with van der Waals surface area (Å²) in [7, 11) is 0. The molecule has 0 aromatic carbocycles. The van der Waals surface area contributed by atoms with Crippen LogP contribution < -0.4 is 0 Å². The van der Waals surface area contributed by atoms with E-state index in [4.69, 9.17) is 16.3 Å². The monoisotopic (exact) mass is 253 g/mol. The first-order valence-corrected chi connectivity index (χ1v) is 5.48. The standard InChI is InChI=1S/C11H12ClN3O2/c1-11(2,3)17-10(16)9-14-7(12)6-4-5-13-8(6)15-9/h4-5H,1-3H3,(H,13,14,15). The van der Waals surface area contributed by atoms with Gasteiger partial charge in [-0.2, -0.15) is 0 Å². The molecule has 1 N–H and O–H groups in total. The SMILES string of the molecule is CC(C)(C)OC(=O)c1nc(Cl)c2cc[nH]c2n1. The van der Waals surface area contributed by atoms with Gasteiger partial charge in [-0.3, -0.25) is 0 Å². The predicted molar refractivity (Wildman–Crippen MR) is 64.1 cm³/mol. The number of carbonyl (C=O) groups excluding carboxylic acids is 1. The van der Waals surface area contributed by atoms with Crippen molar-refractivity contribution in [1.29, 1.82) is 0 Å². The Morgan fingerprint density at radius 1 is 1.41 bits per heavy atom. The summed E-state index contributed by atoms with van der Waals surface area (Å²) in [4.78, 5) is 22.6. The van der Waals surface area contributed by atoms with E-state index in [-0.39, 0.29) is 11.0 Å². The Kier molecular flexibility index (Phi) is 2.79. The van der Waals surface area contributed by atoms with Crippen LogP contribution in [0.25, 0.3) is 11.0 Å². The molecule has 0 spiro atoms. The number of H-pyrrole nitrogens is 1. The van der Waals surface area contributed by atoms with Gasteiger partial charge in [0, 0.05) is 6.20 Å². The molecule has 90 valence electrons. The summed E-state index contributed by atoms with van der Waals surface area (Å²) in [5.41, 5.74) is -0.0664. The summed E-state index contributed by atoms with van der Waals surface area (Å²) in [5.74, 6) is -0.629. The Bertz CT molecular complexity index is 572. The average Bonchev–Trinajstić information content (AvgIpc) is 2.63. The van der Waals surface area contributed by atoms with Crippen molar-refractivity contribution in [3.05, 3.63) is 23.2 Å². The van der Waals surface area contributed by atoms with Gasteiger partial charge in [-0.05, 0) is 26.8 Å². The summed E-state index contributed by atoms with van der Waals surface area (Å²) >= 11 is 5.94. The van der Waals surface area contributed by atoms with E-state index in [1.165, 1.54) is 0 Å². The van der Waals surface area contributed by atoms with Crippen molar-refractivity contribution >= 4 is 28.6 Å². The first-order valence-electron chi connectivity index (χ1n) is 5.11. The van der Waals surface area contributed by atoms with Crippen molar-refractivity contribution in [1.82, 2.24) is 15.0 Å². The van der Waals surface area contributed by atoms with E-state index in [0.717, 1.165) is 0 Å². The third-order valence-corrected chi connectivity index (χ3v) is 2.24. The first kappa shape index (κ1) is 11.9. The zero-order valence-electron chi connectivity index (χ0n) is 9.74. The molecule has 0 aliphatic heterocycles. The van der Waals surface area contributed by atoms with E-state index in [2.05, 4.69) is 15.0 Å². The molecule has 0 fully saturated rings. The largest absolute Gasteiger partial charge is 0.454 e. The zero-order chi connectivity index (χ0) is 12.6. The fourth-order valence-electron chi connectivity index (χ4n) is 1.32. The number of aromatic amines is 1. The van der Waals surface area contributed by atoms with Crippen LogP contribution in [-0.4, -0.2) is 26.5 Å². The third kappa shape index (κ3) is 2.55. The topological polar surface area (TPSA) is 67.9 Å². The number of hydrogen-bond donors (Lipinski definition) is 1. The molecule has 2 aromatic heterocycles. The summed E-state index contributed by atoms with van der Waals surface area (Å²) in [6, 6.07) is 1.75. The molecule has 0 radical (unpaired) electrons. The van der Waals surface area contributed by atoms with E-state index in [9.17, 15) is 4.79 Å². The fourth-order valence-corrected chi connectivity index (χ4v) is 1.55. The lowest BCUT2D eigenvalue weighted by Crippen LogP contribution is -2.25. The highest BCUT2D eigenvalue weighted by molar-refractivity contribution is 6.34. The van der Waals surface area contributed by atoms with Gasteiger partial charge >= 0.3 is 5.97 Å².